The average Bonchev–Trinajstić information content (AvgIpc) is 2.70. The van der Waals surface area contributed by atoms with Gasteiger partial charge in [-0.05, 0) is 86.1 Å². The number of hydrogen-bond donors (Lipinski definition) is 0. The molecule has 1 aliphatic rings. The van der Waals surface area contributed by atoms with Crippen molar-refractivity contribution < 1.29 is 9.18 Å². The van der Waals surface area contributed by atoms with Crippen molar-refractivity contribution in [3.63, 3.8) is 0 Å². The van der Waals surface area contributed by atoms with Crippen molar-refractivity contribution in [2.24, 2.45) is 5.92 Å². The van der Waals surface area contributed by atoms with Gasteiger partial charge in [-0.15, -0.1) is 0 Å². The minimum atomic E-state index is -0.161. The van der Waals surface area contributed by atoms with Crippen molar-refractivity contribution in [3.05, 3.63) is 69.4 Å². The normalized spacial score (nSPS) is 15.6. The topological polar surface area (TPSA) is 23.6 Å². The second-order valence-electron chi connectivity index (χ2n) is 7.87. The van der Waals surface area contributed by atoms with Gasteiger partial charge in [-0.2, -0.15) is 0 Å². The number of hydrogen-bond acceptors (Lipinski definition) is 2. The van der Waals surface area contributed by atoms with E-state index in [1.165, 1.54) is 11.6 Å². The van der Waals surface area contributed by atoms with Crippen molar-refractivity contribution in [3.8, 4) is 0 Å². The molecule has 0 unspecified atom stereocenters. The third kappa shape index (κ3) is 5.65. The molecule has 0 bridgehead atoms. The Morgan fingerprint density at radius 1 is 1.18 bits per heavy atom. The fourth-order valence-corrected chi connectivity index (χ4v) is 4.24. The summed E-state index contributed by atoms with van der Waals surface area (Å²) in [5.41, 5.74) is 3.03. The molecule has 1 amide bonds. The van der Waals surface area contributed by atoms with E-state index in [-0.39, 0.29) is 11.7 Å². The van der Waals surface area contributed by atoms with Gasteiger partial charge >= 0.3 is 0 Å². The summed E-state index contributed by atoms with van der Waals surface area (Å²) in [6.07, 6.45) is 4.17. The van der Waals surface area contributed by atoms with Gasteiger partial charge in [0.05, 0.1) is 0 Å². The van der Waals surface area contributed by atoms with Crippen LogP contribution in [-0.4, -0.2) is 49.4 Å². The Labute approximate surface area is 175 Å². The Morgan fingerprint density at radius 3 is 2.64 bits per heavy atom. The van der Waals surface area contributed by atoms with Crippen LogP contribution in [0.15, 0.2) is 46.9 Å². The van der Waals surface area contributed by atoms with Gasteiger partial charge in [0.15, 0.2) is 0 Å². The highest BCUT2D eigenvalue weighted by Crippen LogP contribution is 2.26. The first-order valence-electron chi connectivity index (χ1n) is 9.89. The largest absolute Gasteiger partial charge is 0.345 e. The molecule has 5 heteroatoms. The monoisotopic (exact) mass is 446 g/mol. The van der Waals surface area contributed by atoms with Crippen LogP contribution in [0, 0.1) is 11.7 Å². The van der Waals surface area contributed by atoms with Crippen LogP contribution in [0.25, 0.3) is 0 Å². The lowest BCUT2D eigenvalue weighted by molar-refractivity contribution is 0.0827. The zero-order chi connectivity index (χ0) is 20.1. The van der Waals surface area contributed by atoms with Gasteiger partial charge in [0, 0.05) is 30.7 Å². The Bertz CT molecular complexity index is 816. The summed E-state index contributed by atoms with van der Waals surface area (Å²) in [4.78, 5) is 16.2. The second kappa shape index (κ2) is 9.66. The Kier molecular flexibility index (Phi) is 7.24. The molecule has 0 aromatic heterocycles. The lowest BCUT2D eigenvalue weighted by Crippen LogP contribution is -2.35. The lowest BCUT2D eigenvalue weighted by Gasteiger charge is -2.32. The molecule has 0 saturated carbocycles. The highest BCUT2D eigenvalue weighted by atomic mass is 79.9. The summed E-state index contributed by atoms with van der Waals surface area (Å²) in [6, 6.07) is 12.9. The number of benzene rings is 2. The van der Waals surface area contributed by atoms with Crippen LogP contribution in [0.1, 0.15) is 34.3 Å². The summed E-state index contributed by atoms with van der Waals surface area (Å²) < 4.78 is 14.5. The molecule has 150 valence electrons. The Hall–Kier alpha value is -1.72. The van der Waals surface area contributed by atoms with Crippen LogP contribution in [0.4, 0.5) is 4.39 Å². The standard InChI is InChI=1S/C23H28BrFN2O/c1-26(2)23(28)19-5-3-4-17(14-19)8-11-27-12-9-18(10-13-27)15-20-16-21(25)6-7-22(20)24/h3-7,14,16,18H,8-13,15H2,1-2H3. The molecule has 28 heavy (non-hydrogen) atoms. The van der Waals surface area contributed by atoms with E-state index in [4.69, 9.17) is 0 Å². The van der Waals surface area contributed by atoms with Gasteiger partial charge in [0.25, 0.3) is 5.91 Å². The molecule has 0 atom stereocenters. The highest BCUT2D eigenvalue weighted by molar-refractivity contribution is 9.10. The van der Waals surface area contributed by atoms with E-state index in [0.717, 1.165) is 60.9 Å². The van der Waals surface area contributed by atoms with E-state index in [1.807, 2.05) is 18.2 Å². The Balaban J connectivity index is 1.48. The number of halogens is 2. The molecule has 0 spiro atoms. The number of rotatable bonds is 6. The number of carbonyl (C=O) groups is 1. The van der Waals surface area contributed by atoms with Crippen molar-refractivity contribution in [1.82, 2.24) is 9.80 Å². The van der Waals surface area contributed by atoms with Crippen molar-refractivity contribution in [2.75, 3.05) is 33.7 Å². The molecule has 3 rings (SSSR count). The lowest BCUT2D eigenvalue weighted by atomic mass is 9.90. The molecule has 1 aliphatic heterocycles. The smallest absolute Gasteiger partial charge is 0.253 e. The minimum Gasteiger partial charge on any atom is -0.345 e. The molecule has 1 saturated heterocycles. The number of likely N-dealkylation sites (tertiary alicyclic amines) is 1. The Morgan fingerprint density at radius 2 is 1.93 bits per heavy atom. The second-order valence-corrected chi connectivity index (χ2v) is 8.73. The number of amides is 1. The van der Waals surface area contributed by atoms with Crippen LogP contribution in [0.5, 0.6) is 0 Å². The zero-order valence-corrected chi connectivity index (χ0v) is 18.2. The molecule has 2 aromatic carbocycles. The fourth-order valence-electron chi connectivity index (χ4n) is 3.83. The summed E-state index contributed by atoms with van der Waals surface area (Å²) in [5.74, 6) is 0.493. The van der Waals surface area contributed by atoms with Gasteiger partial charge in [-0.1, -0.05) is 28.1 Å². The molecule has 0 radical (unpaired) electrons. The zero-order valence-electron chi connectivity index (χ0n) is 16.6. The summed E-state index contributed by atoms with van der Waals surface area (Å²) in [7, 11) is 3.56. The average molecular weight is 447 g/mol. The van der Waals surface area contributed by atoms with E-state index in [1.54, 1.807) is 31.1 Å². The molecular weight excluding hydrogens is 419 g/mol. The first kappa shape index (κ1) is 21.0. The van der Waals surface area contributed by atoms with E-state index in [9.17, 15) is 9.18 Å². The quantitative estimate of drug-likeness (QED) is 0.636. The van der Waals surface area contributed by atoms with Crippen LogP contribution in [-0.2, 0) is 12.8 Å². The van der Waals surface area contributed by atoms with E-state index >= 15 is 0 Å². The number of carbonyl (C=O) groups excluding carboxylic acids is 1. The van der Waals surface area contributed by atoms with Crippen LogP contribution >= 0.6 is 15.9 Å². The molecule has 3 nitrogen and oxygen atoms in total. The predicted molar refractivity (Wildman–Crippen MR) is 115 cm³/mol. The summed E-state index contributed by atoms with van der Waals surface area (Å²) in [6.45, 7) is 3.16. The molecule has 2 aromatic rings. The SMILES string of the molecule is CN(C)C(=O)c1cccc(CCN2CCC(Cc3cc(F)ccc3Br)CC2)c1. The van der Waals surface area contributed by atoms with Crippen LogP contribution < -0.4 is 0 Å². The molecule has 1 heterocycles. The van der Waals surface area contributed by atoms with Gasteiger partial charge in [-0.25, -0.2) is 4.39 Å². The van der Waals surface area contributed by atoms with Gasteiger partial charge in [0.1, 0.15) is 5.82 Å². The van der Waals surface area contributed by atoms with Crippen molar-refractivity contribution in [1.29, 1.82) is 0 Å². The van der Waals surface area contributed by atoms with E-state index in [2.05, 4.69) is 26.9 Å². The molecule has 1 fully saturated rings. The van der Waals surface area contributed by atoms with Gasteiger partial charge < -0.3 is 9.80 Å². The van der Waals surface area contributed by atoms with E-state index < -0.39 is 0 Å². The van der Waals surface area contributed by atoms with Crippen LogP contribution in [0.3, 0.4) is 0 Å². The third-order valence-corrected chi connectivity index (χ3v) is 6.29. The maximum atomic E-state index is 13.5. The maximum Gasteiger partial charge on any atom is 0.253 e. The molecule has 0 aliphatic carbocycles. The van der Waals surface area contributed by atoms with Crippen molar-refractivity contribution >= 4 is 21.8 Å². The van der Waals surface area contributed by atoms with Gasteiger partial charge in [0.2, 0.25) is 0 Å². The first-order valence-corrected chi connectivity index (χ1v) is 10.7. The van der Waals surface area contributed by atoms with E-state index in [0.29, 0.717) is 5.92 Å². The maximum absolute atomic E-state index is 13.5. The highest BCUT2D eigenvalue weighted by Gasteiger charge is 2.20. The molecular formula is C23H28BrFN2O. The minimum absolute atomic E-state index is 0.0474. The molecule has 0 N–H and O–H groups in total. The predicted octanol–water partition coefficient (Wildman–Crippen LogP) is 4.79. The number of nitrogens with zero attached hydrogens (tertiary/aromatic N) is 2. The van der Waals surface area contributed by atoms with Crippen molar-refractivity contribution in [2.45, 2.75) is 25.7 Å². The first-order chi connectivity index (χ1) is 13.4. The summed E-state index contributed by atoms with van der Waals surface area (Å²) >= 11 is 3.54. The fraction of sp³-hybridized carbons (Fsp3) is 0.435. The van der Waals surface area contributed by atoms with Gasteiger partial charge in [-0.3, -0.25) is 4.79 Å². The summed E-state index contributed by atoms with van der Waals surface area (Å²) in [5, 5.41) is 0. The number of piperidine rings is 1. The third-order valence-electron chi connectivity index (χ3n) is 5.52. The van der Waals surface area contributed by atoms with Crippen LogP contribution in [0.2, 0.25) is 0 Å².